The van der Waals surface area contributed by atoms with Crippen LogP contribution in [-0.4, -0.2) is 14.6 Å². The monoisotopic (exact) mass is 294 g/mol. The third-order valence-corrected chi connectivity index (χ3v) is 9.14. The Kier molecular flexibility index (Phi) is 3.91. The van der Waals surface area contributed by atoms with E-state index in [1.807, 2.05) is 0 Å². The molecule has 1 aromatic rings. The lowest BCUT2D eigenvalue weighted by atomic mass is 10.1. The summed E-state index contributed by atoms with van der Waals surface area (Å²) < 4.78 is 20.2. The maximum atomic E-state index is 13.8. The molecule has 0 bridgehead atoms. The molecule has 1 aliphatic carbocycles. The zero-order valence-electron chi connectivity index (χ0n) is 12.9. The fourth-order valence-electron chi connectivity index (χ4n) is 2.36. The minimum Gasteiger partial charge on any atom is -0.410 e. The van der Waals surface area contributed by atoms with E-state index in [-0.39, 0.29) is 16.7 Å². The van der Waals surface area contributed by atoms with Gasteiger partial charge in [-0.25, -0.2) is 4.39 Å². The molecule has 0 amide bonds. The van der Waals surface area contributed by atoms with Crippen LogP contribution in [0.3, 0.4) is 0 Å². The Morgan fingerprint density at radius 2 is 2.00 bits per heavy atom. The van der Waals surface area contributed by atoms with Crippen LogP contribution in [0.1, 0.15) is 54.8 Å². The van der Waals surface area contributed by atoms with Crippen LogP contribution in [0.25, 0.3) is 0 Å². The van der Waals surface area contributed by atoms with E-state index in [2.05, 4.69) is 33.9 Å². The second-order valence-corrected chi connectivity index (χ2v) is 11.9. The second-order valence-electron chi connectivity index (χ2n) is 7.10. The number of rotatable bonds is 3. The Bertz CT molecular complexity index is 532. The summed E-state index contributed by atoms with van der Waals surface area (Å²) in [6, 6.07) is 3.16. The second kappa shape index (κ2) is 5.08. The highest BCUT2D eigenvalue weighted by Crippen LogP contribution is 2.43. The fourth-order valence-corrected chi connectivity index (χ4v) is 3.67. The first-order valence-corrected chi connectivity index (χ1v) is 10.0. The highest BCUT2D eigenvalue weighted by atomic mass is 28.4. The number of fused-ring (bicyclic) bond motifs is 1. The van der Waals surface area contributed by atoms with Gasteiger partial charge in [0.15, 0.2) is 14.6 Å². The molecule has 0 fully saturated rings. The quantitative estimate of drug-likeness (QED) is 0.599. The van der Waals surface area contributed by atoms with Gasteiger partial charge in [-0.2, -0.15) is 0 Å². The van der Waals surface area contributed by atoms with Crippen molar-refractivity contribution in [3.8, 4) is 0 Å². The molecule has 0 saturated carbocycles. The molecule has 0 saturated heterocycles. The number of halogens is 1. The molecule has 1 atom stereocenters. The van der Waals surface area contributed by atoms with Gasteiger partial charge in [-0.05, 0) is 54.2 Å². The van der Waals surface area contributed by atoms with Crippen molar-refractivity contribution < 1.29 is 13.6 Å². The van der Waals surface area contributed by atoms with E-state index in [9.17, 15) is 9.18 Å². The SMILES string of the molecule is CC(C)(C)[Si](C)(C)OC1CCc2cc(C=O)c(F)cc21. The molecule has 2 nitrogen and oxygen atoms in total. The summed E-state index contributed by atoms with van der Waals surface area (Å²) in [7, 11) is -1.87. The third kappa shape index (κ3) is 2.72. The molecule has 2 rings (SSSR count). The van der Waals surface area contributed by atoms with Crippen LogP contribution in [0.4, 0.5) is 4.39 Å². The predicted octanol–water partition coefficient (Wildman–Crippen LogP) is 4.65. The Balaban J connectivity index is 2.29. The summed E-state index contributed by atoms with van der Waals surface area (Å²) in [5, 5.41) is 0.136. The predicted molar refractivity (Wildman–Crippen MR) is 81.1 cm³/mol. The summed E-state index contributed by atoms with van der Waals surface area (Å²) in [4.78, 5) is 10.8. The van der Waals surface area contributed by atoms with E-state index >= 15 is 0 Å². The molecule has 0 N–H and O–H groups in total. The van der Waals surface area contributed by atoms with Gasteiger partial charge in [-0.3, -0.25) is 4.79 Å². The summed E-state index contributed by atoms with van der Waals surface area (Å²) in [6.07, 6.45) is 2.29. The van der Waals surface area contributed by atoms with Gasteiger partial charge in [0, 0.05) is 0 Å². The normalized spacial score (nSPS) is 19.0. The number of aryl methyl sites for hydroxylation is 1. The fraction of sp³-hybridized carbons (Fsp3) is 0.562. The van der Waals surface area contributed by atoms with E-state index in [1.54, 1.807) is 6.07 Å². The molecule has 20 heavy (non-hydrogen) atoms. The highest BCUT2D eigenvalue weighted by molar-refractivity contribution is 6.74. The zero-order valence-corrected chi connectivity index (χ0v) is 13.9. The molecule has 4 heteroatoms. The van der Waals surface area contributed by atoms with Crippen molar-refractivity contribution in [3.63, 3.8) is 0 Å². The Morgan fingerprint density at radius 3 is 2.55 bits per heavy atom. The maximum Gasteiger partial charge on any atom is 0.192 e. The molecular weight excluding hydrogens is 271 g/mol. The summed E-state index contributed by atoms with van der Waals surface area (Å²) in [6.45, 7) is 11.0. The Morgan fingerprint density at radius 1 is 1.35 bits per heavy atom. The highest BCUT2D eigenvalue weighted by Gasteiger charge is 2.40. The average molecular weight is 294 g/mol. The Labute approximate surface area is 121 Å². The smallest absolute Gasteiger partial charge is 0.192 e. The van der Waals surface area contributed by atoms with Gasteiger partial charge in [-0.1, -0.05) is 20.8 Å². The van der Waals surface area contributed by atoms with Gasteiger partial charge in [0.05, 0.1) is 11.7 Å². The van der Waals surface area contributed by atoms with E-state index in [4.69, 9.17) is 4.43 Å². The van der Waals surface area contributed by atoms with Gasteiger partial charge in [0.2, 0.25) is 0 Å². The van der Waals surface area contributed by atoms with E-state index < -0.39 is 14.1 Å². The van der Waals surface area contributed by atoms with Crippen LogP contribution in [0.5, 0.6) is 0 Å². The van der Waals surface area contributed by atoms with E-state index in [0.717, 1.165) is 24.0 Å². The lowest BCUT2D eigenvalue weighted by molar-refractivity contribution is 0.111. The summed E-state index contributed by atoms with van der Waals surface area (Å²) >= 11 is 0. The first kappa shape index (κ1) is 15.4. The number of carbonyl (C=O) groups is 1. The average Bonchev–Trinajstić information content (AvgIpc) is 2.68. The van der Waals surface area contributed by atoms with Gasteiger partial charge in [0.1, 0.15) is 5.82 Å². The van der Waals surface area contributed by atoms with E-state index in [0.29, 0.717) is 6.29 Å². The minimum atomic E-state index is -1.87. The van der Waals surface area contributed by atoms with E-state index in [1.165, 1.54) is 6.07 Å². The van der Waals surface area contributed by atoms with Gasteiger partial charge in [0.25, 0.3) is 0 Å². The van der Waals surface area contributed by atoms with Crippen LogP contribution in [0.2, 0.25) is 18.1 Å². The van der Waals surface area contributed by atoms with Crippen molar-refractivity contribution in [1.29, 1.82) is 0 Å². The first-order valence-electron chi connectivity index (χ1n) is 7.11. The molecule has 1 aliphatic rings. The lowest BCUT2D eigenvalue weighted by Crippen LogP contribution is -2.41. The number of carbonyl (C=O) groups excluding carboxylic acids is 1. The third-order valence-electron chi connectivity index (χ3n) is 4.65. The van der Waals surface area contributed by atoms with Gasteiger partial charge in [-0.15, -0.1) is 0 Å². The van der Waals surface area contributed by atoms with Gasteiger partial charge < -0.3 is 4.43 Å². The minimum absolute atomic E-state index is 0.0268. The van der Waals surface area contributed by atoms with Crippen LogP contribution >= 0.6 is 0 Å². The largest absolute Gasteiger partial charge is 0.410 e. The molecule has 0 spiro atoms. The van der Waals surface area contributed by atoms with Crippen molar-refractivity contribution in [2.75, 3.05) is 0 Å². The van der Waals surface area contributed by atoms with Crippen molar-refractivity contribution in [1.82, 2.24) is 0 Å². The van der Waals surface area contributed by atoms with Crippen LogP contribution in [0.15, 0.2) is 12.1 Å². The number of benzene rings is 1. The molecule has 0 aromatic heterocycles. The molecule has 0 aliphatic heterocycles. The molecule has 1 aromatic carbocycles. The van der Waals surface area contributed by atoms with Crippen molar-refractivity contribution in [3.05, 3.63) is 34.6 Å². The van der Waals surface area contributed by atoms with Crippen molar-refractivity contribution in [2.45, 2.75) is 57.8 Å². The Hall–Kier alpha value is -1.00. The number of hydrogen-bond donors (Lipinski definition) is 0. The summed E-state index contributed by atoms with van der Waals surface area (Å²) in [5.74, 6) is -0.440. The zero-order chi connectivity index (χ0) is 15.1. The van der Waals surface area contributed by atoms with Crippen LogP contribution < -0.4 is 0 Å². The summed E-state index contributed by atoms with van der Waals surface area (Å²) in [5.41, 5.74) is 2.13. The number of aldehydes is 1. The molecular formula is C16H23FO2Si. The van der Waals surface area contributed by atoms with Crippen LogP contribution in [0, 0.1) is 5.82 Å². The first-order chi connectivity index (χ1) is 9.15. The van der Waals surface area contributed by atoms with Gasteiger partial charge >= 0.3 is 0 Å². The van der Waals surface area contributed by atoms with Crippen molar-refractivity contribution in [2.24, 2.45) is 0 Å². The van der Waals surface area contributed by atoms with Crippen LogP contribution in [-0.2, 0) is 10.8 Å². The van der Waals surface area contributed by atoms with Crippen molar-refractivity contribution >= 4 is 14.6 Å². The molecule has 110 valence electrons. The lowest BCUT2D eigenvalue weighted by Gasteiger charge is -2.38. The molecule has 0 radical (unpaired) electrons. The topological polar surface area (TPSA) is 26.3 Å². The molecule has 0 heterocycles. The maximum absolute atomic E-state index is 13.8. The molecule has 1 unspecified atom stereocenters. The standard InChI is InChI=1S/C16H23FO2Si/c1-16(2,3)20(4,5)19-15-7-6-11-8-12(10-18)14(17)9-13(11)15/h8-10,15H,6-7H2,1-5H3. The number of hydrogen-bond acceptors (Lipinski definition) is 2.